The van der Waals surface area contributed by atoms with Crippen LogP contribution < -0.4 is 0 Å². The van der Waals surface area contributed by atoms with Crippen LogP contribution in [0.2, 0.25) is 0 Å². The van der Waals surface area contributed by atoms with Crippen LogP contribution in [0.3, 0.4) is 0 Å². The van der Waals surface area contributed by atoms with Crippen molar-refractivity contribution in [3.8, 4) is 0 Å². The van der Waals surface area contributed by atoms with Crippen molar-refractivity contribution in [1.82, 2.24) is 0 Å². The van der Waals surface area contributed by atoms with Crippen LogP contribution in [-0.4, -0.2) is 17.9 Å². The fraction of sp³-hybridized carbons (Fsp3) is 0.200. The minimum atomic E-state index is -0.946. The van der Waals surface area contributed by atoms with Gasteiger partial charge in [0.2, 0.25) is 5.78 Å². The van der Waals surface area contributed by atoms with Gasteiger partial charge in [-0.2, -0.15) is 0 Å². The van der Waals surface area contributed by atoms with Gasteiger partial charge in [0, 0.05) is 16.5 Å². The summed E-state index contributed by atoms with van der Waals surface area (Å²) in [6.07, 6.45) is 0.591. The molecule has 0 spiro atoms. The predicted molar refractivity (Wildman–Crippen MR) is 90.9 cm³/mol. The first-order valence-electron chi connectivity index (χ1n) is 7.90. The first-order chi connectivity index (χ1) is 11.9. The summed E-state index contributed by atoms with van der Waals surface area (Å²) in [6.45, 7) is 3.46. The van der Waals surface area contributed by atoms with Crippen molar-refractivity contribution in [2.24, 2.45) is 0 Å². The summed E-state index contributed by atoms with van der Waals surface area (Å²) in [6, 6.07) is 10.9. The van der Waals surface area contributed by atoms with Crippen molar-refractivity contribution in [3.63, 3.8) is 0 Å². The number of rotatable bonds is 5. The largest absolute Gasteiger partial charge is 0.464 e. The molecule has 0 fully saturated rings. The van der Waals surface area contributed by atoms with Gasteiger partial charge in [-0.1, -0.05) is 12.1 Å². The second-order valence-corrected chi connectivity index (χ2v) is 5.94. The number of ketones is 1. The van der Waals surface area contributed by atoms with Crippen LogP contribution in [0.25, 0.3) is 11.0 Å². The summed E-state index contributed by atoms with van der Waals surface area (Å²) in [4.78, 5) is 24.4. The minimum Gasteiger partial charge on any atom is -0.464 e. The molecule has 0 aliphatic heterocycles. The average molecular weight is 340 g/mol. The number of benzene rings is 2. The van der Waals surface area contributed by atoms with Gasteiger partial charge in [0.05, 0.1) is 12.7 Å². The Morgan fingerprint density at radius 3 is 2.60 bits per heavy atom. The summed E-state index contributed by atoms with van der Waals surface area (Å²) in [5.74, 6) is -1.32. The van der Waals surface area contributed by atoms with E-state index in [1.54, 1.807) is 0 Å². The van der Waals surface area contributed by atoms with E-state index in [-0.39, 0.29) is 12.2 Å². The summed E-state index contributed by atoms with van der Waals surface area (Å²) in [5, 5.41) is 0.847. The number of hydrogen-bond donors (Lipinski definition) is 0. The highest BCUT2D eigenvalue weighted by Gasteiger charge is 2.20. The second-order valence-electron chi connectivity index (χ2n) is 5.94. The van der Waals surface area contributed by atoms with Crippen molar-refractivity contribution in [2.75, 3.05) is 0 Å². The molecular weight excluding hydrogens is 323 g/mol. The highest BCUT2D eigenvalue weighted by molar-refractivity contribution is 6.00. The number of carbonyl (C=O) groups is 2. The van der Waals surface area contributed by atoms with Crippen LogP contribution >= 0.6 is 0 Å². The highest BCUT2D eigenvalue weighted by atomic mass is 19.1. The number of carbonyl (C=O) groups excluding carboxylic acids is 2. The molecule has 0 aliphatic carbocycles. The van der Waals surface area contributed by atoms with Crippen LogP contribution in [0.1, 0.15) is 28.4 Å². The normalized spacial score (nSPS) is 12.1. The Kier molecular flexibility index (Phi) is 4.65. The van der Waals surface area contributed by atoms with Crippen LogP contribution in [0.4, 0.5) is 4.39 Å². The molecule has 25 heavy (non-hydrogen) atoms. The van der Waals surface area contributed by atoms with E-state index in [4.69, 9.17) is 9.15 Å². The second kappa shape index (κ2) is 6.89. The molecule has 0 bridgehead atoms. The number of halogens is 1. The standard InChI is InChI=1S/C20H17FO4/c1-12-3-8-17-15(11-24-18(17)9-12)10-19(22)25-13(2)20(23)14-4-6-16(21)7-5-14/h3-9,11,13H,10H2,1-2H3/t13-/m0/s1. The lowest BCUT2D eigenvalue weighted by molar-refractivity contribution is -0.145. The smallest absolute Gasteiger partial charge is 0.311 e. The Morgan fingerprint density at radius 2 is 1.88 bits per heavy atom. The molecule has 2 aromatic carbocycles. The van der Waals surface area contributed by atoms with E-state index in [1.807, 2.05) is 25.1 Å². The van der Waals surface area contributed by atoms with E-state index in [0.717, 1.165) is 10.9 Å². The third-order valence-corrected chi connectivity index (χ3v) is 3.95. The van der Waals surface area contributed by atoms with Gasteiger partial charge in [0.25, 0.3) is 0 Å². The van der Waals surface area contributed by atoms with Gasteiger partial charge in [-0.05, 0) is 49.7 Å². The van der Waals surface area contributed by atoms with Gasteiger partial charge in [0.1, 0.15) is 11.4 Å². The molecule has 1 aromatic heterocycles. The number of Topliss-reactive ketones (excluding diaryl/α,β-unsaturated/α-hetero) is 1. The Morgan fingerprint density at radius 1 is 1.16 bits per heavy atom. The van der Waals surface area contributed by atoms with Crippen LogP contribution in [0.5, 0.6) is 0 Å². The topological polar surface area (TPSA) is 56.5 Å². The third-order valence-electron chi connectivity index (χ3n) is 3.95. The van der Waals surface area contributed by atoms with Gasteiger partial charge >= 0.3 is 5.97 Å². The maximum absolute atomic E-state index is 12.9. The molecule has 0 saturated carbocycles. The van der Waals surface area contributed by atoms with E-state index in [0.29, 0.717) is 16.7 Å². The van der Waals surface area contributed by atoms with Crippen LogP contribution in [0, 0.1) is 12.7 Å². The van der Waals surface area contributed by atoms with E-state index in [1.165, 1.54) is 37.5 Å². The Labute approximate surface area is 144 Å². The van der Waals surface area contributed by atoms with Crippen molar-refractivity contribution < 1.29 is 23.1 Å². The molecule has 0 saturated heterocycles. The predicted octanol–water partition coefficient (Wildman–Crippen LogP) is 4.24. The zero-order valence-electron chi connectivity index (χ0n) is 13.9. The van der Waals surface area contributed by atoms with E-state index >= 15 is 0 Å². The molecular formula is C20H17FO4. The molecule has 5 heteroatoms. The molecule has 4 nitrogen and oxygen atoms in total. The maximum Gasteiger partial charge on any atom is 0.311 e. The molecule has 0 N–H and O–H groups in total. The third kappa shape index (κ3) is 3.76. The fourth-order valence-electron chi connectivity index (χ4n) is 2.62. The lowest BCUT2D eigenvalue weighted by Gasteiger charge is -2.12. The number of esters is 1. The SMILES string of the molecule is Cc1ccc2c(CC(=O)O[C@@H](C)C(=O)c3ccc(F)cc3)coc2c1. The molecule has 128 valence electrons. The van der Waals surface area contributed by atoms with Gasteiger partial charge in [-0.25, -0.2) is 4.39 Å². The molecule has 0 aliphatic rings. The molecule has 3 aromatic rings. The quantitative estimate of drug-likeness (QED) is 0.515. The van der Waals surface area contributed by atoms with Crippen LogP contribution in [0.15, 0.2) is 53.1 Å². The van der Waals surface area contributed by atoms with Crippen molar-refractivity contribution in [2.45, 2.75) is 26.4 Å². The number of aryl methyl sites for hydroxylation is 1. The van der Waals surface area contributed by atoms with Crippen LogP contribution in [-0.2, 0) is 16.0 Å². The minimum absolute atomic E-state index is 0.0110. The molecule has 0 amide bonds. The zero-order valence-corrected chi connectivity index (χ0v) is 13.9. The van der Waals surface area contributed by atoms with Crippen molar-refractivity contribution >= 4 is 22.7 Å². The number of furan rings is 1. The first-order valence-corrected chi connectivity index (χ1v) is 7.90. The van der Waals surface area contributed by atoms with E-state index < -0.39 is 17.9 Å². The van der Waals surface area contributed by atoms with Crippen molar-refractivity contribution in [3.05, 3.63) is 71.2 Å². The molecule has 1 atom stereocenters. The Hall–Kier alpha value is -2.95. The monoisotopic (exact) mass is 340 g/mol. The first kappa shape index (κ1) is 16.9. The average Bonchev–Trinajstić information content (AvgIpc) is 2.96. The Balaban J connectivity index is 1.67. The zero-order chi connectivity index (χ0) is 18.0. The highest BCUT2D eigenvalue weighted by Crippen LogP contribution is 2.23. The Bertz CT molecular complexity index is 925. The number of hydrogen-bond acceptors (Lipinski definition) is 4. The van der Waals surface area contributed by atoms with Gasteiger partial charge in [0.15, 0.2) is 6.10 Å². The molecule has 1 heterocycles. The number of ether oxygens (including phenoxy) is 1. The fourth-order valence-corrected chi connectivity index (χ4v) is 2.62. The summed E-state index contributed by atoms with van der Waals surface area (Å²) >= 11 is 0. The molecule has 3 rings (SSSR count). The van der Waals surface area contributed by atoms with Gasteiger partial charge in [-0.3, -0.25) is 9.59 Å². The van der Waals surface area contributed by atoms with Gasteiger partial charge in [-0.15, -0.1) is 0 Å². The summed E-state index contributed by atoms with van der Waals surface area (Å²) in [7, 11) is 0. The molecule has 0 radical (unpaired) electrons. The number of fused-ring (bicyclic) bond motifs is 1. The van der Waals surface area contributed by atoms with Gasteiger partial charge < -0.3 is 9.15 Å². The summed E-state index contributed by atoms with van der Waals surface area (Å²) in [5.41, 5.74) is 2.78. The lowest BCUT2D eigenvalue weighted by Crippen LogP contribution is -2.25. The maximum atomic E-state index is 12.9. The van der Waals surface area contributed by atoms with E-state index in [9.17, 15) is 14.0 Å². The van der Waals surface area contributed by atoms with E-state index in [2.05, 4.69) is 0 Å². The summed E-state index contributed by atoms with van der Waals surface area (Å²) < 4.78 is 23.6. The lowest BCUT2D eigenvalue weighted by atomic mass is 10.1. The van der Waals surface area contributed by atoms with Crippen molar-refractivity contribution in [1.29, 1.82) is 0 Å². The molecule has 0 unspecified atom stereocenters.